The van der Waals surface area contributed by atoms with Gasteiger partial charge in [-0.3, -0.25) is 13.9 Å². The molecule has 7 nitrogen and oxygen atoms in total. The van der Waals surface area contributed by atoms with Crippen molar-refractivity contribution >= 4 is 38.2 Å². The molecule has 4 aromatic rings. The highest BCUT2D eigenvalue weighted by Gasteiger charge is 2.22. The first-order chi connectivity index (χ1) is 15.3. The lowest BCUT2D eigenvalue weighted by molar-refractivity contribution is 0.102. The molecule has 0 unspecified atom stereocenters. The molecule has 0 saturated carbocycles. The number of aromatic nitrogens is 1. The fraction of sp³-hybridized carbons (Fsp3) is 0.0833. The van der Waals surface area contributed by atoms with E-state index in [1.807, 2.05) is 0 Å². The largest absolute Gasteiger partial charge is 0.322 e. The second kappa shape index (κ2) is 8.32. The molecule has 0 bridgehead atoms. The summed E-state index contributed by atoms with van der Waals surface area (Å²) < 4.78 is 28.8. The van der Waals surface area contributed by atoms with E-state index in [0.29, 0.717) is 22.3 Å². The van der Waals surface area contributed by atoms with Crippen LogP contribution in [0.4, 0.5) is 11.4 Å². The van der Waals surface area contributed by atoms with Gasteiger partial charge in [0.1, 0.15) is 0 Å². The van der Waals surface area contributed by atoms with Crippen molar-refractivity contribution in [2.45, 2.75) is 4.90 Å². The number of sulfonamides is 1. The van der Waals surface area contributed by atoms with Crippen LogP contribution in [0.2, 0.25) is 0 Å². The Bertz CT molecular complexity index is 1480. The molecule has 4 rings (SSSR count). The quantitative estimate of drug-likeness (QED) is 0.506. The van der Waals surface area contributed by atoms with Crippen LogP contribution in [0, 0.1) is 0 Å². The Kier molecular flexibility index (Phi) is 5.54. The van der Waals surface area contributed by atoms with Gasteiger partial charge in [-0.15, -0.1) is 0 Å². The van der Waals surface area contributed by atoms with Crippen molar-refractivity contribution in [2.75, 3.05) is 16.7 Å². The average molecular weight is 448 g/mol. The molecule has 0 radical (unpaired) electrons. The number of carbonyl (C=O) groups excluding carboxylic acids is 1. The first kappa shape index (κ1) is 21.3. The maximum atomic E-state index is 13.1. The molecule has 32 heavy (non-hydrogen) atoms. The van der Waals surface area contributed by atoms with Crippen molar-refractivity contribution < 1.29 is 13.2 Å². The lowest BCUT2D eigenvalue weighted by atomic mass is 10.1. The number of anilines is 2. The summed E-state index contributed by atoms with van der Waals surface area (Å²) in [6.45, 7) is 0. The van der Waals surface area contributed by atoms with Crippen LogP contribution < -0.4 is 15.2 Å². The molecule has 0 spiro atoms. The van der Waals surface area contributed by atoms with E-state index >= 15 is 0 Å². The van der Waals surface area contributed by atoms with Gasteiger partial charge in [0.05, 0.1) is 21.7 Å². The number of rotatable bonds is 5. The van der Waals surface area contributed by atoms with Crippen LogP contribution in [0.15, 0.2) is 94.6 Å². The van der Waals surface area contributed by atoms with E-state index in [1.165, 1.54) is 34.1 Å². The topological polar surface area (TPSA) is 88.5 Å². The fourth-order valence-corrected chi connectivity index (χ4v) is 4.71. The Morgan fingerprint density at radius 1 is 0.906 bits per heavy atom. The fourth-order valence-electron chi connectivity index (χ4n) is 3.47. The Morgan fingerprint density at radius 3 is 2.34 bits per heavy atom. The lowest BCUT2D eigenvalue weighted by Gasteiger charge is -2.20. The van der Waals surface area contributed by atoms with Crippen LogP contribution in [-0.2, 0) is 17.1 Å². The Morgan fingerprint density at radius 2 is 1.59 bits per heavy atom. The van der Waals surface area contributed by atoms with Gasteiger partial charge in [0.2, 0.25) is 0 Å². The second-order valence-electron chi connectivity index (χ2n) is 7.26. The summed E-state index contributed by atoms with van der Waals surface area (Å²) in [6.07, 6.45) is 0. The van der Waals surface area contributed by atoms with E-state index in [0.717, 1.165) is 0 Å². The number of hydrogen-bond acceptors (Lipinski definition) is 4. The minimum atomic E-state index is -3.83. The number of carbonyl (C=O) groups is 1. The van der Waals surface area contributed by atoms with Crippen LogP contribution in [0.5, 0.6) is 0 Å². The summed E-state index contributed by atoms with van der Waals surface area (Å²) >= 11 is 0. The van der Waals surface area contributed by atoms with Gasteiger partial charge in [0.25, 0.3) is 21.5 Å². The van der Waals surface area contributed by atoms with Gasteiger partial charge in [-0.25, -0.2) is 8.42 Å². The molecule has 0 aliphatic heterocycles. The van der Waals surface area contributed by atoms with Gasteiger partial charge in [-0.05, 0) is 36.4 Å². The summed E-state index contributed by atoms with van der Waals surface area (Å²) in [5, 5.41) is 3.34. The van der Waals surface area contributed by atoms with Crippen LogP contribution in [0.3, 0.4) is 0 Å². The van der Waals surface area contributed by atoms with Crippen molar-refractivity contribution in [3.8, 4) is 0 Å². The van der Waals surface area contributed by atoms with Gasteiger partial charge in [-0.1, -0.05) is 42.5 Å². The van der Waals surface area contributed by atoms with Crippen molar-refractivity contribution in [3.05, 3.63) is 101 Å². The molecule has 0 saturated heterocycles. The Labute approximate surface area is 185 Å². The van der Waals surface area contributed by atoms with Gasteiger partial charge in [-0.2, -0.15) is 0 Å². The summed E-state index contributed by atoms with van der Waals surface area (Å²) in [7, 11) is -0.716. The van der Waals surface area contributed by atoms with Gasteiger partial charge >= 0.3 is 0 Å². The van der Waals surface area contributed by atoms with Crippen molar-refractivity contribution in [3.63, 3.8) is 0 Å². The number of fused-ring (bicyclic) bond motifs is 1. The highest BCUT2D eigenvalue weighted by atomic mass is 32.2. The number of nitrogens with one attached hydrogen (secondary N) is 1. The maximum absolute atomic E-state index is 13.1. The van der Waals surface area contributed by atoms with Crippen molar-refractivity contribution in [1.29, 1.82) is 0 Å². The zero-order valence-corrected chi connectivity index (χ0v) is 18.3. The average Bonchev–Trinajstić information content (AvgIpc) is 2.81. The van der Waals surface area contributed by atoms with Gasteiger partial charge < -0.3 is 9.88 Å². The van der Waals surface area contributed by atoms with E-state index in [1.54, 1.807) is 73.8 Å². The molecule has 3 aromatic carbocycles. The number of aryl methyl sites for hydroxylation is 1. The van der Waals surface area contributed by atoms with Gasteiger partial charge in [0, 0.05) is 31.2 Å². The summed E-state index contributed by atoms with van der Waals surface area (Å²) in [6, 6.07) is 23.1. The molecule has 1 heterocycles. The van der Waals surface area contributed by atoms with E-state index in [4.69, 9.17) is 0 Å². The molecule has 1 N–H and O–H groups in total. The molecule has 0 atom stereocenters. The normalized spacial score (nSPS) is 11.3. The predicted molar refractivity (Wildman–Crippen MR) is 126 cm³/mol. The maximum Gasteiger partial charge on any atom is 0.264 e. The van der Waals surface area contributed by atoms with Crippen LogP contribution in [-0.4, -0.2) is 25.9 Å². The van der Waals surface area contributed by atoms with Crippen LogP contribution in [0.25, 0.3) is 10.9 Å². The zero-order chi connectivity index (χ0) is 22.9. The van der Waals surface area contributed by atoms with Crippen molar-refractivity contribution in [1.82, 2.24) is 4.57 Å². The molecule has 8 heteroatoms. The number of nitrogens with zero attached hydrogens (tertiary/aromatic N) is 2. The summed E-state index contributed by atoms with van der Waals surface area (Å²) in [4.78, 5) is 25.3. The first-order valence-corrected chi connectivity index (χ1v) is 11.3. The minimum absolute atomic E-state index is 0.0375. The minimum Gasteiger partial charge on any atom is -0.322 e. The highest BCUT2D eigenvalue weighted by Crippen LogP contribution is 2.24. The molecule has 162 valence electrons. The summed E-state index contributed by atoms with van der Waals surface area (Å²) in [5.41, 5.74) is 1.37. The second-order valence-corrected chi connectivity index (χ2v) is 9.23. The molecule has 1 amide bonds. The van der Waals surface area contributed by atoms with Crippen LogP contribution >= 0.6 is 0 Å². The Balaban J connectivity index is 1.67. The molecular weight excluding hydrogens is 426 g/mol. The van der Waals surface area contributed by atoms with E-state index < -0.39 is 15.9 Å². The van der Waals surface area contributed by atoms with E-state index in [9.17, 15) is 18.0 Å². The van der Waals surface area contributed by atoms with E-state index in [-0.39, 0.29) is 16.0 Å². The zero-order valence-electron chi connectivity index (χ0n) is 17.5. The number of amides is 1. The standard InChI is InChI=1S/C24H21N3O4S/c1-26-22-14-7-6-13-20(22)21(16-23(26)28)24(29)25-17-9-8-12-19(15-17)32(30,31)27(2)18-10-4-3-5-11-18/h3-16H,1-2H3,(H,25,29). The highest BCUT2D eigenvalue weighted by molar-refractivity contribution is 7.92. The predicted octanol–water partition coefficient (Wildman–Crippen LogP) is 3.62. The number of hydrogen-bond donors (Lipinski definition) is 1. The third-order valence-corrected chi connectivity index (χ3v) is 7.05. The van der Waals surface area contributed by atoms with E-state index in [2.05, 4.69) is 5.32 Å². The lowest BCUT2D eigenvalue weighted by Crippen LogP contribution is -2.26. The first-order valence-electron chi connectivity index (χ1n) is 9.83. The smallest absolute Gasteiger partial charge is 0.264 e. The van der Waals surface area contributed by atoms with Gasteiger partial charge in [0.15, 0.2) is 0 Å². The SMILES string of the molecule is CN(c1ccccc1)S(=O)(=O)c1cccc(NC(=O)c2cc(=O)n(C)c3ccccc23)c1. The molecule has 0 aliphatic carbocycles. The number of para-hydroxylation sites is 2. The van der Waals surface area contributed by atoms with Crippen molar-refractivity contribution in [2.24, 2.45) is 7.05 Å². The number of pyridine rings is 1. The molecule has 1 aromatic heterocycles. The Hall–Kier alpha value is -3.91. The monoisotopic (exact) mass is 447 g/mol. The third kappa shape index (κ3) is 3.88. The molecule has 0 aliphatic rings. The summed E-state index contributed by atoms with van der Waals surface area (Å²) in [5.74, 6) is -0.495. The molecular formula is C24H21N3O4S. The molecule has 0 fully saturated rings. The van der Waals surface area contributed by atoms with Crippen LogP contribution in [0.1, 0.15) is 10.4 Å². The third-order valence-electron chi connectivity index (χ3n) is 5.27. The number of benzene rings is 3.